The fourth-order valence-electron chi connectivity index (χ4n) is 4.43. The van der Waals surface area contributed by atoms with E-state index in [0.717, 1.165) is 31.5 Å². The summed E-state index contributed by atoms with van der Waals surface area (Å²) in [7, 11) is 0. The van der Waals surface area contributed by atoms with Crippen molar-refractivity contribution in [2.75, 3.05) is 23.3 Å². The third-order valence-electron chi connectivity index (χ3n) is 6.00. The van der Waals surface area contributed by atoms with E-state index < -0.39 is 17.9 Å². The summed E-state index contributed by atoms with van der Waals surface area (Å²) in [6.45, 7) is 1.63. The first-order valence-electron chi connectivity index (χ1n) is 10.7. The van der Waals surface area contributed by atoms with Gasteiger partial charge in [0, 0.05) is 24.6 Å². The molecule has 1 saturated heterocycles. The van der Waals surface area contributed by atoms with Gasteiger partial charge in [-0.3, -0.25) is 19.4 Å². The first-order valence-corrected chi connectivity index (χ1v) is 10.7. The Labute approximate surface area is 184 Å². The molecule has 2 aliphatic rings. The normalized spacial score (nSPS) is 19.9. The fraction of sp³-hybridized carbons (Fsp3) is 0.250. The van der Waals surface area contributed by atoms with Crippen LogP contribution in [0, 0.1) is 0 Å². The summed E-state index contributed by atoms with van der Waals surface area (Å²) >= 11 is 0. The van der Waals surface area contributed by atoms with Gasteiger partial charge < -0.3 is 15.5 Å². The second-order valence-electron chi connectivity index (χ2n) is 8.04. The smallest absolute Gasteiger partial charge is 0.258 e. The molecule has 2 aliphatic heterocycles. The molecule has 1 aromatic heterocycles. The molecule has 1 fully saturated rings. The molecule has 3 N–H and O–H groups in total. The lowest BCUT2D eigenvalue weighted by atomic mass is 9.82. The highest BCUT2D eigenvalue weighted by Gasteiger charge is 2.41. The molecule has 8 nitrogen and oxygen atoms in total. The van der Waals surface area contributed by atoms with Gasteiger partial charge in [0.15, 0.2) is 0 Å². The number of hydrogen-bond acceptors (Lipinski definition) is 5. The summed E-state index contributed by atoms with van der Waals surface area (Å²) in [4.78, 5) is 48.7. The molecular weight excluding hydrogens is 406 g/mol. The van der Waals surface area contributed by atoms with E-state index in [1.807, 2.05) is 41.3 Å². The van der Waals surface area contributed by atoms with Gasteiger partial charge >= 0.3 is 0 Å². The summed E-state index contributed by atoms with van der Waals surface area (Å²) in [5, 5.41) is 5.59. The maximum absolute atomic E-state index is 13.2. The van der Waals surface area contributed by atoms with Crippen molar-refractivity contribution >= 4 is 23.6 Å². The molecule has 0 aliphatic carbocycles. The first-order chi connectivity index (χ1) is 15.6. The molecule has 3 heterocycles. The van der Waals surface area contributed by atoms with Gasteiger partial charge in [-0.15, -0.1) is 0 Å². The zero-order chi connectivity index (χ0) is 22.1. The van der Waals surface area contributed by atoms with Crippen LogP contribution >= 0.6 is 0 Å². The molecule has 162 valence electrons. The van der Waals surface area contributed by atoms with Crippen LogP contribution in [0.4, 0.5) is 11.8 Å². The van der Waals surface area contributed by atoms with Gasteiger partial charge in [-0.05, 0) is 30.5 Å². The SMILES string of the molecule is O=C(NC1C(=O)Nc2nc(N3CCCC3)[nH]c(=O)c2C1c1ccccc1)c1ccccc1. The van der Waals surface area contributed by atoms with Crippen LogP contribution in [0.5, 0.6) is 0 Å². The largest absolute Gasteiger partial charge is 0.342 e. The molecule has 2 unspecified atom stereocenters. The van der Waals surface area contributed by atoms with Gasteiger partial charge in [-0.2, -0.15) is 4.98 Å². The van der Waals surface area contributed by atoms with Crippen molar-refractivity contribution in [2.24, 2.45) is 0 Å². The van der Waals surface area contributed by atoms with Crippen LogP contribution < -0.4 is 21.1 Å². The molecule has 2 aromatic carbocycles. The van der Waals surface area contributed by atoms with E-state index in [1.54, 1.807) is 24.3 Å². The third-order valence-corrected chi connectivity index (χ3v) is 6.00. The molecule has 0 spiro atoms. The number of aromatic amines is 1. The Morgan fingerprint density at radius 1 is 0.969 bits per heavy atom. The Balaban J connectivity index is 1.58. The predicted molar refractivity (Wildman–Crippen MR) is 121 cm³/mol. The van der Waals surface area contributed by atoms with Crippen molar-refractivity contribution in [3.8, 4) is 0 Å². The summed E-state index contributed by atoms with van der Waals surface area (Å²) in [5.41, 5.74) is 1.22. The number of fused-ring (bicyclic) bond motifs is 1. The van der Waals surface area contributed by atoms with Crippen LogP contribution in [-0.2, 0) is 4.79 Å². The van der Waals surface area contributed by atoms with Crippen LogP contribution in [0.15, 0.2) is 65.5 Å². The van der Waals surface area contributed by atoms with E-state index in [2.05, 4.69) is 20.6 Å². The number of carbonyl (C=O) groups is 2. The van der Waals surface area contributed by atoms with E-state index in [-0.39, 0.29) is 17.3 Å². The summed E-state index contributed by atoms with van der Waals surface area (Å²) in [6.07, 6.45) is 2.07. The van der Waals surface area contributed by atoms with E-state index in [4.69, 9.17) is 0 Å². The molecular formula is C24H23N5O3. The van der Waals surface area contributed by atoms with Gasteiger partial charge in [-0.1, -0.05) is 48.5 Å². The number of amides is 2. The van der Waals surface area contributed by atoms with E-state index in [0.29, 0.717) is 17.1 Å². The molecule has 3 aromatic rings. The van der Waals surface area contributed by atoms with Crippen molar-refractivity contribution in [3.05, 3.63) is 87.7 Å². The second-order valence-corrected chi connectivity index (χ2v) is 8.04. The topological polar surface area (TPSA) is 107 Å². The van der Waals surface area contributed by atoms with Gasteiger partial charge in [0.2, 0.25) is 11.9 Å². The maximum atomic E-state index is 13.2. The third kappa shape index (κ3) is 3.64. The number of aromatic nitrogens is 2. The zero-order valence-electron chi connectivity index (χ0n) is 17.4. The van der Waals surface area contributed by atoms with Crippen molar-refractivity contribution < 1.29 is 9.59 Å². The standard InChI is InChI=1S/C24H23N5O3/c30-21(16-11-5-2-6-12-16)25-19-17(15-9-3-1-4-10-15)18-20(26-23(19)32)27-24(28-22(18)31)29-13-7-8-14-29/h1-6,9-12,17,19H,7-8,13-14H2,(H,25,30)(H2,26,27,28,31,32). The number of benzene rings is 2. The highest BCUT2D eigenvalue weighted by Crippen LogP contribution is 2.35. The van der Waals surface area contributed by atoms with Crippen LogP contribution in [0.25, 0.3) is 0 Å². The minimum absolute atomic E-state index is 0.250. The van der Waals surface area contributed by atoms with Gasteiger partial charge in [-0.25, -0.2) is 0 Å². The molecule has 2 amide bonds. The average molecular weight is 429 g/mol. The Kier molecular flexibility index (Phi) is 5.18. The summed E-state index contributed by atoms with van der Waals surface area (Å²) < 4.78 is 0. The Morgan fingerprint density at radius 3 is 2.31 bits per heavy atom. The summed E-state index contributed by atoms with van der Waals surface area (Å²) in [5.74, 6) is -0.740. The molecule has 2 atom stereocenters. The van der Waals surface area contributed by atoms with E-state index >= 15 is 0 Å². The number of carbonyl (C=O) groups excluding carboxylic acids is 2. The lowest BCUT2D eigenvalue weighted by Gasteiger charge is -2.33. The average Bonchev–Trinajstić information content (AvgIpc) is 3.36. The molecule has 0 saturated carbocycles. The highest BCUT2D eigenvalue weighted by atomic mass is 16.2. The predicted octanol–water partition coefficient (Wildman–Crippen LogP) is 2.25. The van der Waals surface area contributed by atoms with Crippen molar-refractivity contribution in [2.45, 2.75) is 24.8 Å². The van der Waals surface area contributed by atoms with Crippen LogP contribution in [0.2, 0.25) is 0 Å². The van der Waals surface area contributed by atoms with Crippen molar-refractivity contribution in [3.63, 3.8) is 0 Å². The molecule has 0 radical (unpaired) electrons. The molecule has 5 rings (SSSR count). The monoisotopic (exact) mass is 429 g/mol. The van der Waals surface area contributed by atoms with Gasteiger partial charge in [0.05, 0.1) is 5.56 Å². The minimum Gasteiger partial charge on any atom is -0.342 e. The highest BCUT2D eigenvalue weighted by molar-refractivity contribution is 6.03. The van der Waals surface area contributed by atoms with Crippen molar-refractivity contribution in [1.29, 1.82) is 0 Å². The van der Waals surface area contributed by atoms with Crippen LogP contribution in [0.1, 0.15) is 40.2 Å². The Hall–Kier alpha value is -3.94. The van der Waals surface area contributed by atoms with Gasteiger partial charge in [0.1, 0.15) is 11.9 Å². The van der Waals surface area contributed by atoms with Gasteiger partial charge in [0.25, 0.3) is 11.5 Å². The minimum atomic E-state index is -0.960. The maximum Gasteiger partial charge on any atom is 0.258 e. The van der Waals surface area contributed by atoms with Crippen LogP contribution in [-0.4, -0.2) is 40.9 Å². The lowest BCUT2D eigenvalue weighted by molar-refractivity contribution is -0.118. The molecule has 8 heteroatoms. The van der Waals surface area contributed by atoms with Crippen molar-refractivity contribution in [1.82, 2.24) is 15.3 Å². The number of rotatable bonds is 4. The number of anilines is 2. The number of nitrogens with zero attached hydrogens (tertiary/aromatic N) is 2. The number of H-pyrrole nitrogens is 1. The Morgan fingerprint density at radius 2 is 1.62 bits per heavy atom. The van der Waals surface area contributed by atoms with E-state index in [1.165, 1.54) is 0 Å². The molecule has 0 bridgehead atoms. The zero-order valence-corrected chi connectivity index (χ0v) is 17.4. The fourth-order valence-corrected chi connectivity index (χ4v) is 4.43. The Bertz CT molecular complexity index is 1200. The molecule has 32 heavy (non-hydrogen) atoms. The van der Waals surface area contributed by atoms with Crippen LogP contribution in [0.3, 0.4) is 0 Å². The number of nitrogens with one attached hydrogen (secondary N) is 3. The second kappa shape index (κ2) is 8.30. The first kappa shape index (κ1) is 20.0. The summed E-state index contributed by atoms with van der Waals surface area (Å²) in [6, 6.07) is 17.0. The lowest BCUT2D eigenvalue weighted by Crippen LogP contribution is -2.52. The quantitative estimate of drug-likeness (QED) is 0.590. The number of hydrogen-bond donors (Lipinski definition) is 3. The van der Waals surface area contributed by atoms with E-state index in [9.17, 15) is 14.4 Å².